The summed E-state index contributed by atoms with van der Waals surface area (Å²) in [6.07, 6.45) is 1.31. The van der Waals surface area contributed by atoms with E-state index in [1.165, 1.54) is 18.2 Å². The van der Waals surface area contributed by atoms with Gasteiger partial charge in [0, 0.05) is 12.1 Å². The molecule has 0 aliphatic rings. The molecule has 0 unspecified atom stereocenters. The number of nitrogens with one attached hydrogen (secondary N) is 2. The Balaban J connectivity index is 2.07. The summed E-state index contributed by atoms with van der Waals surface area (Å²) in [6.45, 7) is 3.53. The topological polar surface area (TPSA) is 112 Å². The van der Waals surface area contributed by atoms with Gasteiger partial charge in [0.1, 0.15) is 23.2 Å². The number of rotatable bonds is 7. The summed E-state index contributed by atoms with van der Waals surface area (Å²) in [5.41, 5.74) is -0.0931. The standard InChI is InChI=1S/C18H19N3O4S/c1-13(2)21-18(22)14(11-19)10-15-8-9-16(25-15)12-20-26(23,24)17-6-4-3-5-7-17/h3-10,13,20H,12H2,1-2H3,(H,21,22)/b14-10-. The van der Waals surface area contributed by atoms with Gasteiger partial charge < -0.3 is 9.73 Å². The molecule has 0 saturated heterocycles. The average Bonchev–Trinajstić information content (AvgIpc) is 3.06. The zero-order valence-electron chi connectivity index (χ0n) is 14.4. The van der Waals surface area contributed by atoms with Crippen molar-refractivity contribution >= 4 is 22.0 Å². The van der Waals surface area contributed by atoms with Crippen LogP contribution in [-0.4, -0.2) is 20.4 Å². The van der Waals surface area contributed by atoms with E-state index in [0.717, 1.165) is 0 Å². The summed E-state index contributed by atoms with van der Waals surface area (Å²) in [4.78, 5) is 12.0. The molecule has 136 valence electrons. The Morgan fingerprint density at radius 1 is 1.23 bits per heavy atom. The van der Waals surface area contributed by atoms with E-state index >= 15 is 0 Å². The van der Waals surface area contributed by atoms with Crippen LogP contribution in [0.4, 0.5) is 0 Å². The van der Waals surface area contributed by atoms with Crippen LogP contribution >= 0.6 is 0 Å². The highest BCUT2D eigenvalue weighted by atomic mass is 32.2. The number of hydrogen-bond donors (Lipinski definition) is 2. The molecule has 1 aromatic heterocycles. The fourth-order valence-corrected chi connectivity index (χ4v) is 3.06. The Labute approximate surface area is 152 Å². The van der Waals surface area contributed by atoms with Crippen molar-refractivity contribution in [3.05, 3.63) is 59.6 Å². The SMILES string of the molecule is CC(C)NC(=O)/C(C#N)=C\c1ccc(CNS(=O)(=O)c2ccccc2)o1. The van der Waals surface area contributed by atoms with Crippen molar-refractivity contribution in [2.75, 3.05) is 0 Å². The highest BCUT2D eigenvalue weighted by molar-refractivity contribution is 7.89. The molecule has 2 aromatic rings. The third-order valence-electron chi connectivity index (χ3n) is 3.24. The maximum absolute atomic E-state index is 12.2. The Bertz CT molecular complexity index is 938. The van der Waals surface area contributed by atoms with E-state index in [-0.39, 0.29) is 28.8 Å². The Kier molecular flexibility index (Phi) is 6.33. The number of nitrogens with zero attached hydrogens (tertiary/aromatic N) is 1. The van der Waals surface area contributed by atoms with Gasteiger partial charge in [-0.2, -0.15) is 5.26 Å². The highest BCUT2D eigenvalue weighted by Crippen LogP contribution is 2.14. The molecule has 2 rings (SSSR count). The molecule has 1 amide bonds. The van der Waals surface area contributed by atoms with Crippen molar-refractivity contribution in [1.29, 1.82) is 5.26 Å². The molecule has 2 N–H and O–H groups in total. The van der Waals surface area contributed by atoms with Crippen LogP contribution in [0, 0.1) is 11.3 Å². The summed E-state index contributed by atoms with van der Waals surface area (Å²) < 4.78 is 32.2. The van der Waals surface area contributed by atoms with Gasteiger partial charge in [0.05, 0.1) is 11.4 Å². The van der Waals surface area contributed by atoms with Gasteiger partial charge in [-0.1, -0.05) is 18.2 Å². The number of sulfonamides is 1. The number of hydrogen-bond acceptors (Lipinski definition) is 5. The molecule has 1 heterocycles. The van der Waals surface area contributed by atoms with Gasteiger partial charge >= 0.3 is 0 Å². The van der Waals surface area contributed by atoms with E-state index < -0.39 is 15.9 Å². The molecule has 0 aliphatic heterocycles. The zero-order valence-corrected chi connectivity index (χ0v) is 15.2. The molecule has 8 heteroatoms. The number of carbonyl (C=O) groups excluding carboxylic acids is 1. The first-order chi connectivity index (χ1) is 12.3. The maximum Gasteiger partial charge on any atom is 0.262 e. The molecule has 0 atom stereocenters. The van der Waals surface area contributed by atoms with Crippen molar-refractivity contribution in [2.45, 2.75) is 31.3 Å². The fourth-order valence-electron chi connectivity index (χ4n) is 2.05. The average molecular weight is 373 g/mol. The first kappa shape index (κ1) is 19.4. The second-order valence-electron chi connectivity index (χ2n) is 5.74. The Morgan fingerprint density at radius 3 is 2.54 bits per heavy atom. The minimum absolute atomic E-state index is 0.0505. The number of furan rings is 1. The lowest BCUT2D eigenvalue weighted by Crippen LogP contribution is -2.30. The van der Waals surface area contributed by atoms with Crippen LogP contribution in [-0.2, 0) is 21.4 Å². The van der Waals surface area contributed by atoms with Gasteiger partial charge in [-0.15, -0.1) is 0 Å². The van der Waals surface area contributed by atoms with Gasteiger partial charge in [-0.25, -0.2) is 13.1 Å². The molecule has 7 nitrogen and oxygen atoms in total. The number of amides is 1. The Hall–Kier alpha value is -2.89. The number of benzene rings is 1. The van der Waals surface area contributed by atoms with Gasteiger partial charge in [0.2, 0.25) is 10.0 Å². The second-order valence-corrected chi connectivity index (χ2v) is 7.51. The first-order valence-electron chi connectivity index (χ1n) is 7.88. The molecule has 0 aliphatic carbocycles. The predicted molar refractivity (Wildman–Crippen MR) is 96.0 cm³/mol. The first-order valence-corrected chi connectivity index (χ1v) is 9.36. The van der Waals surface area contributed by atoms with E-state index in [1.807, 2.05) is 6.07 Å². The quantitative estimate of drug-likeness (QED) is 0.571. The van der Waals surface area contributed by atoms with Crippen molar-refractivity contribution < 1.29 is 17.6 Å². The summed E-state index contributed by atoms with van der Waals surface area (Å²) in [7, 11) is -3.65. The lowest BCUT2D eigenvalue weighted by Gasteiger charge is -2.06. The van der Waals surface area contributed by atoms with Crippen LogP contribution in [0.15, 0.2) is 57.4 Å². The predicted octanol–water partition coefficient (Wildman–Crippen LogP) is 2.19. The van der Waals surface area contributed by atoms with E-state index in [9.17, 15) is 13.2 Å². The van der Waals surface area contributed by atoms with Crippen LogP contribution < -0.4 is 10.0 Å². The molecule has 0 spiro atoms. The van der Waals surface area contributed by atoms with Crippen LogP contribution in [0.2, 0.25) is 0 Å². The minimum Gasteiger partial charge on any atom is -0.460 e. The molecule has 0 radical (unpaired) electrons. The lowest BCUT2D eigenvalue weighted by atomic mass is 10.2. The molecular formula is C18H19N3O4S. The van der Waals surface area contributed by atoms with Crippen LogP contribution in [0.3, 0.4) is 0 Å². The van der Waals surface area contributed by atoms with Crippen molar-refractivity contribution in [2.24, 2.45) is 0 Å². The number of carbonyl (C=O) groups is 1. The number of nitriles is 1. The molecule has 0 fully saturated rings. The van der Waals surface area contributed by atoms with Gasteiger partial charge in [-0.3, -0.25) is 4.79 Å². The molecule has 26 heavy (non-hydrogen) atoms. The summed E-state index contributed by atoms with van der Waals surface area (Å²) in [5.74, 6) is 0.150. The van der Waals surface area contributed by atoms with E-state index in [2.05, 4.69) is 10.0 Å². The Morgan fingerprint density at radius 2 is 1.92 bits per heavy atom. The maximum atomic E-state index is 12.2. The largest absolute Gasteiger partial charge is 0.460 e. The fraction of sp³-hybridized carbons (Fsp3) is 0.222. The monoisotopic (exact) mass is 373 g/mol. The minimum atomic E-state index is -3.65. The van der Waals surface area contributed by atoms with E-state index in [1.54, 1.807) is 44.2 Å². The second kappa shape index (κ2) is 8.47. The van der Waals surface area contributed by atoms with Gasteiger partial charge in [0.15, 0.2) is 0 Å². The van der Waals surface area contributed by atoms with Crippen molar-refractivity contribution in [3.63, 3.8) is 0 Å². The third-order valence-corrected chi connectivity index (χ3v) is 4.66. The van der Waals surface area contributed by atoms with Crippen molar-refractivity contribution in [1.82, 2.24) is 10.0 Å². The van der Waals surface area contributed by atoms with Gasteiger partial charge in [-0.05, 0) is 38.1 Å². The molecule has 1 aromatic carbocycles. The third kappa shape index (κ3) is 5.31. The smallest absolute Gasteiger partial charge is 0.262 e. The van der Waals surface area contributed by atoms with Crippen LogP contribution in [0.5, 0.6) is 0 Å². The van der Waals surface area contributed by atoms with E-state index in [4.69, 9.17) is 9.68 Å². The van der Waals surface area contributed by atoms with E-state index in [0.29, 0.717) is 5.76 Å². The van der Waals surface area contributed by atoms with Crippen LogP contribution in [0.1, 0.15) is 25.4 Å². The molecular weight excluding hydrogens is 354 g/mol. The van der Waals surface area contributed by atoms with Crippen molar-refractivity contribution in [3.8, 4) is 6.07 Å². The molecule has 0 saturated carbocycles. The summed E-state index contributed by atoms with van der Waals surface area (Å²) in [5, 5.41) is 11.7. The highest BCUT2D eigenvalue weighted by Gasteiger charge is 2.15. The summed E-state index contributed by atoms with van der Waals surface area (Å²) in [6, 6.07) is 12.8. The van der Waals surface area contributed by atoms with Crippen LogP contribution in [0.25, 0.3) is 6.08 Å². The zero-order chi connectivity index (χ0) is 19.2. The lowest BCUT2D eigenvalue weighted by molar-refractivity contribution is -0.117. The summed E-state index contributed by atoms with van der Waals surface area (Å²) >= 11 is 0. The molecule has 0 bridgehead atoms. The normalized spacial score (nSPS) is 12.0. The van der Waals surface area contributed by atoms with Gasteiger partial charge in [0.25, 0.3) is 5.91 Å².